The summed E-state index contributed by atoms with van der Waals surface area (Å²) in [5.74, 6) is 0.444. The average molecular weight is 460 g/mol. The molecule has 0 aromatic heterocycles. The third kappa shape index (κ3) is 16.1. The number of anilines is 1. The van der Waals surface area contributed by atoms with Crippen LogP contribution in [0.4, 0.5) is 5.69 Å². The van der Waals surface area contributed by atoms with Crippen LogP contribution < -0.4 is 4.90 Å². The van der Waals surface area contributed by atoms with Gasteiger partial charge in [0.05, 0.1) is 5.69 Å². The molecule has 1 aromatic carbocycles. The van der Waals surface area contributed by atoms with Gasteiger partial charge in [0.15, 0.2) is 0 Å². The highest BCUT2D eigenvalue weighted by Gasteiger charge is 2.11. The second kappa shape index (κ2) is 21.4. The van der Waals surface area contributed by atoms with E-state index in [0.29, 0.717) is 5.75 Å². The Morgan fingerprint density at radius 2 is 0.909 bits per heavy atom. The van der Waals surface area contributed by atoms with Gasteiger partial charge in [-0.25, -0.2) is 0 Å². The van der Waals surface area contributed by atoms with Gasteiger partial charge in [-0.05, 0) is 37.5 Å². The van der Waals surface area contributed by atoms with E-state index in [0.717, 1.165) is 18.8 Å². The standard InChI is InChI=1S/C31H57NO/c1-4-6-8-10-12-14-16-18-20-22-26-32(30-28-29(3)24-25-31(30)33)27-23-21-19-17-15-13-11-9-7-5-2/h24-25,28,33H,4-23,26-27H2,1-3H3. The molecule has 0 saturated heterocycles. The summed E-state index contributed by atoms with van der Waals surface area (Å²) in [6.07, 6.45) is 27.4. The third-order valence-electron chi connectivity index (χ3n) is 7.03. The zero-order chi connectivity index (χ0) is 24.0. The molecule has 2 heteroatoms. The monoisotopic (exact) mass is 459 g/mol. The number of hydrogen-bond donors (Lipinski definition) is 1. The van der Waals surface area contributed by atoms with Crippen LogP contribution in [-0.4, -0.2) is 18.2 Å². The van der Waals surface area contributed by atoms with E-state index in [9.17, 15) is 5.11 Å². The zero-order valence-corrected chi connectivity index (χ0v) is 22.7. The van der Waals surface area contributed by atoms with Gasteiger partial charge in [-0.15, -0.1) is 0 Å². The van der Waals surface area contributed by atoms with Crippen molar-refractivity contribution in [1.29, 1.82) is 0 Å². The highest BCUT2D eigenvalue weighted by Crippen LogP contribution is 2.29. The van der Waals surface area contributed by atoms with Crippen molar-refractivity contribution in [3.63, 3.8) is 0 Å². The Morgan fingerprint density at radius 1 is 0.545 bits per heavy atom. The fourth-order valence-corrected chi connectivity index (χ4v) is 4.82. The number of unbranched alkanes of at least 4 members (excludes halogenated alkanes) is 18. The van der Waals surface area contributed by atoms with Crippen LogP contribution in [-0.2, 0) is 0 Å². The first-order chi connectivity index (χ1) is 16.2. The zero-order valence-electron chi connectivity index (χ0n) is 22.7. The van der Waals surface area contributed by atoms with Gasteiger partial charge < -0.3 is 10.0 Å². The number of hydrogen-bond acceptors (Lipinski definition) is 2. The third-order valence-corrected chi connectivity index (χ3v) is 7.03. The van der Waals surface area contributed by atoms with Crippen molar-refractivity contribution >= 4 is 5.69 Å². The summed E-state index contributed by atoms with van der Waals surface area (Å²) >= 11 is 0. The minimum atomic E-state index is 0.444. The molecule has 0 saturated carbocycles. The van der Waals surface area contributed by atoms with E-state index in [2.05, 4.69) is 31.7 Å². The maximum atomic E-state index is 10.5. The van der Waals surface area contributed by atoms with Crippen LogP contribution in [0.2, 0.25) is 0 Å². The molecule has 0 aliphatic rings. The predicted molar refractivity (Wildman–Crippen MR) is 149 cm³/mol. The van der Waals surface area contributed by atoms with E-state index in [4.69, 9.17) is 0 Å². The van der Waals surface area contributed by atoms with E-state index >= 15 is 0 Å². The Labute approximate surface area is 207 Å². The summed E-state index contributed by atoms with van der Waals surface area (Å²) in [7, 11) is 0. The molecule has 33 heavy (non-hydrogen) atoms. The van der Waals surface area contributed by atoms with E-state index in [1.54, 1.807) is 0 Å². The molecule has 1 N–H and O–H groups in total. The molecule has 0 bridgehead atoms. The van der Waals surface area contributed by atoms with E-state index in [1.807, 2.05) is 12.1 Å². The molecule has 0 fully saturated rings. The Morgan fingerprint density at radius 3 is 1.30 bits per heavy atom. The molecule has 1 aromatic rings. The lowest BCUT2D eigenvalue weighted by atomic mass is 10.1. The van der Waals surface area contributed by atoms with Gasteiger partial charge in [-0.3, -0.25) is 0 Å². The lowest BCUT2D eigenvalue weighted by Crippen LogP contribution is -2.26. The first kappa shape index (κ1) is 29.9. The lowest BCUT2D eigenvalue weighted by Gasteiger charge is -2.26. The summed E-state index contributed by atoms with van der Waals surface area (Å²) in [6.45, 7) is 8.85. The molecule has 0 atom stereocenters. The number of phenolic OH excluding ortho intramolecular Hbond substituents is 1. The number of nitrogens with zero attached hydrogens (tertiary/aromatic N) is 1. The smallest absolute Gasteiger partial charge is 0.138 e. The predicted octanol–water partition coefficient (Wildman–Crippen LogP) is 10.3. The first-order valence-electron chi connectivity index (χ1n) is 14.7. The van der Waals surface area contributed by atoms with E-state index in [1.165, 1.54) is 134 Å². The number of benzene rings is 1. The van der Waals surface area contributed by atoms with Crippen molar-refractivity contribution in [2.24, 2.45) is 0 Å². The topological polar surface area (TPSA) is 23.5 Å². The Balaban J connectivity index is 2.26. The van der Waals surface area contributed by atoms with Crippen molar-refractivity contribution < 1.29 is 5.11 Å². The van der Waals surface area contributed by atoms with Crippen LogP contribution in [0.5, 0.6) is 5.75 Å². The highest BCUT2D eigenvalue weighted by molar-refractivity contribution is 5.59. The normalized spacial score (nSPS) is 11.2. The van der Waals surface area contributed by atoms with Gasteiger partial charge in [0.25, 0.3) is 0 Å². The van der Waals surface area contributed by atoms with Crippen molar-refractivity contribution in [2.75, 3.05) is 18.0 Å². The number of aromatic hydroxyl groups is 1. The maximum absolute atomic E-state index is 10.5. The van der Waals surface area contributed by atoms with Crippen LogP contribution in [0.3, 0.4) is 0 Å². The lowest BCUT2D eigenvalue weighted by molar-refractivity contribution is 0.471. The Kier molecular flexibility index (Phi) is 19.3. The van der Waals surface area contributed by atoms with Crippen molar-refractivity contribution in [3.8, 4) is 5.75 Å². The summed E-state index contributed by atoms with van der Waals surface area (Å²) in [5, 5.41) is 10.5. The molecule has 0 unspecified atom stereocenters. The molecule has 0 amide bonds. The van der Waals surface area contributed by atoms with Crippen LogP contribution in [0.1, 0.15) is 148 Å². The molecule has 0 radical (unpaired) electrons. The fourth-order valence-electron chi connectivity index (χ4n) is 4.82. The van der Waals surface area contributed by atoms with E-state index < -0.39 is 0 Å². The van der Waals surface area contributed by atoms with Crippen LogP contribution in [0.25, 0.3) is 0 Å². The summed E-state index contributed by atoms with van der Waals surface area (Å²) < 4.78 is 0. The second-order valence-corrected chi connectivity index (χ2v) is 10.3. The van der Waals surface area contributed by atoms with Crippen LogP contribution in [0.15, 0.2) is 18.2 Å². The molecule has 0 spiro atoms. The molecule has 2 nitrogen and oxygen atoms in total. The Hall–Kier alpha value is -1.18. The van der Waals surface area contributed by atoms with Crippen molar-refractivity contribution in [3.05, 3.63) is 23.8 Å². The highest BCUT2D eigenvalue weighted by atomic mass is 16.3. The summed E-state index contributed by atoms with van der Waals surface area (Å²) in [5.41, 5.74) is 2.28. The number of aryl methyl sites for hydroxylation is 1. The van der Waals surface area contributed by atoms with Gasteiger partial charge in [0.2, 0.25) is 0 Å². The molecule has 0 aliphatic carbocycles. The maximum Gasteiger partial charge on any atom is 0.138 e. The molecule has 192 valence electrons. The van der Waals surface area contributed by atoms with Gasteiger partial charge in [-0.1, -0.05) is 135 Å². The SMILES string of the molecule is CCCCCCCCCCCCN(CCCCCCCCCCCC)c1cc(C)ccc1O. The molecule has 1 rings (SSSR count). The second-order valence-electron chi connectivity index (χ2n) is 10.3. The van der Waals surface area contributed by atoms with Crippen LogP contribution >= 0.6 is 0 Å². The minimum Gasteiger partial charge on any atom is -0.506 e. The summed E-state index contributed by atoms with van der Waals surface area (Å²) in [4.78, 5) is 2.46. The molecular weight excluding hydrogens is 402 g/mol. The molecule has 0 heterocycles. The Bertz CT molecular complexity index is 532. The largest absolute Gasteiger partial charge is 0.506 e. The summed E-state index contributed by atoms with van der Waals surface area (Å²) in [6, 6.07) is 6.05. The number of phenols is 1. The van der Waals surface area contributed by atoms with Crippen LogP contribution in [0, 0.1) is 6.92 Å². The quantitative estimate of drug-likeness (QED) is 0.164. The van der Waals surface area contributed by atoms with E-state index in [-0.39, 0.29) is 0 Å². The minimum absolute atomic E-state index is 0.444. The molecular formula is C31H57NO. The number of rotatable bonds is 23. The van der Waals surface area contributed by atoms with Crippen molar-refractivity contribution in [2.45, 2.75) is 149 Å². The first-order valence-corrected chi connectivity index (χ1v) is 14.7. The molecule has 0 aliphatic heterocycles. The average Bonchev–Trinajstić information content (AvgIpc) is 2.81. The fraction of sp³-hybridized carbons (Fsp3) is 0.806. The van der Waals surface area contributed by atoms with Crippen molar-refractivity contribution in [1.82, 2.24) is 0 Å². The van der Waals surface area contributed by atoms with Gasteiger partial charge in [0.1, 0.15) is 5.75 Å². The van der Waals surface area contributed by atoms with Gasteiger partial charge in [-0.2, -0.15) is 0 Å². The van der Waals surface area contributed by atoms with Gasteiger partial charge >= 0.3 is 0 Å². The van der Waals surface area contributed by atoms with Gasteiger partial charge in [0, 0.05) is 13.1 Å².